The number of nitrogens with two attached hydrogens (primary N) is 1. The van der Waals surface area contributed by atoms with E-state index in [2.05, 4.69) is 6.92 Å². The molecule has 0 spiro atoms. The van der Waals surface area contributed by atoms with Crippen LogP contribution in [0.2, 0.25) is 0 Å². The predicted molar refractivity (Wildman–Crippen MR) is 50.3 cm³/mol. The molecule has 0 rings (SSSR count). The van der Waals surface area contributed by atoms with E-state index in [0.717, 1.165) is 12.8 Å². The van der Waals surface area contributed by atoms with Crippen molar-refractivity contribution in [2.24, 2.45) is 5.73 Å². The van der Waals surface area contributed by atoms with Gasteiger partial charge in [0.25, 0.3) is 0 Å². The van der Waals surface area contributed by atoms with E-state index in [1.54, 1.807) is 7.11 Å². The van der Waals surface area contributed by atoms with Gasteiger partial charge in [-0.05, 0) is 6.42 Å². The lowest BCUT2D eigenvalue weighted by atomic mass is 10.1. The van der Waals surface area contributed by atoms with E-state index < -0.39 is 6.10 Å². The summed E-state index contributed by atoms with van der Waals surface area (Å²) in [5, 5.41) is 0. The van der Waals surface area contributed by atoms with Crippen LogP contribution in [0.4, 0.5) is 0 Å². The highest BCUT2D eigenvalue weighted by atomic mass is 16.5. The molecule has 13 heavy (non-hydrogen) atoms. The van der Waals surface area contributed by atoms with Crippen LogP contribution in [0.3, 0.4) is 0 Å². The number of amides is 1. The number of unbranched alkanes of at least 4 members (excludes halogenated alkanes) is 1. The van der Waals surface area contributed by atoms with Gasteiger partial charge in [-0.25, -0.2) is 0 Å². The zero-order valence-electron chi connectivity index (χ0n) is 8.41. The van der Waals surface area contributed by atoms with Gasteiger partial charge in [0.1, 0.15) is 6.10 Å². The largest absolute Gasteiger partial charge is 0.382 e. The smallest absolute Gasteiger partial charge is 0.246 e. The molecule has 0 fully saturated rings. The molecule has 1 unspecified atom stereocenters. The molecule has 78 valence electrons. The first kappa shape index (κ1) is 12.4. The number of primary amides is 1. The highest BCUT2D eigenvalue weighted by Crippen LogP contribution is 2.04. The molecule has 1 atom stereocenters. The Morgan fingerprint density at radius 3 is 2.62 bits per heavy atom. The van der Waals surface area contributed by atoms with Gasteiger partial charge in [0.2, 0.25) is 5.91 Å². The third kappa shape index (κ3) is 6.54. The third-order valence-corrected chi connectivity index (χ3v) is 1.74. The van der Waals surface area contributed by atoms with Gasteiger partial charge in [-0.3, -0.25) is 4.79 Å². The van der Waals surface area contributed by atoms with Gasteiger partial charge in [0.05, 0.1) is 13.2 Å². The quantitative estimate of drug-likeness (QED) is 0.571. The average molecular weight is 189 g/mol. The Morgan fingerprint density at radius 2 is 2.15 bits per heavy atom. The van der Waals surface area contributed by atoms with E-state index in [-0.39, 0.29) is 5.91 Å². The van der Waals surface area contributed by atoms with Crippen molar-refractivity contribution in [2.75, 3.05) is 20.3 Å². The second kappa shape index (κ2) is 8.01. The lowest BCUT2D eigenvalue weighted by Gasteiger charge is -2.13. The van der Waals surface area contributed by atoms with Crippen molar-refractivity contribution in [1.29, 1.82) is 0 Å². The fraction of sp³-hybridized carbons (Fsp3) is 0.889. The van der Waals surface area contributed by atoms with Gasteiger partial charge in [-0.15, -0.1) is 0 Å². The van der Waals surface area contributed by atoms with Crippen LogP contribution in [0.15, 0.2) is 0 Å². The van der Waals surface area contributed by atoms with Crippen molar-refractivity contribution in [3.8, 4) is 0 Å². The zero-order valence-corrected chi connectivity index (χ0v) is 8.41. The Hall–Kier alpha value is -0.610. The average Bonchev–Trinajstić information content (AvgIpc) is 2.10. The summed E-state index contributed by atoms with van der Waals surface area (Å²) in [6.45, 7) is 2.98. The van der Waals surface area contributed by atoms with Crippen LogP contribution in [0.25, 0.3) is 0 Å². The molecule has 0 aliphatic carbocycles. The first-order valence-corrected chi connectivity index (χ1v) is 4.62. The van der Waals surface area contributed by atoms with Gasteiger partial charge in [-0.1, -0.05) is 19.8 Å². The molecular formula is C9H19NO3. The van der Waals surface area contributed by atoms with Crippen molar-refractivity contribution in [2.45, 2.75) is 32.3 Å². The minimum atomic E-state index is -0.449. The van der Waals surface area contributed by atoms with Crippen LogP contribution in [0.1, 0.15) is 26.2 Å². The van der Waals surface area contributed by atoms with Gasteiger partial charge in [0.15, 0.2) is 0 Å². The Kier molecular flexibility index (Phi) is 7.63. The van der Waals surface area contributed by atoms with Gasteiger partial charge < -0.3 is 15.2 Å². The first-order chi connectivity index (χ1) is 6.22. The van der Waals surface area contributed by atoms with Crippen LogP contribution >= 0.6 is 0 Å². The highest BCUT2D eigenvalue weighted by Gasteiger charge is 2.14. The summed E-state index contributed by atoms with van der Waals surface area (Å²) < 4.78 is 10.0. The van der Waals surface area contributed by atoms with Crippen LogP contribution in [-0.4, -0.2) is 32.3 Å². The normalized spacial score (nSPS) is 12.8. The second-order valence-electron chi connectivity index (χ2n) is 2.90. The molecule has 0 aromatic rings. The molecule has 4 nitrogen and oxygen atoms in total. The predicted octanol–water partition coefficient (Wildman–Crippen LogP) is 0.694. The molecule has 0 saturated heterocycles. The van der Waals surface area contributed by atoms with Crippen molar-refractivity contribution < 1.29 is 14.3 Å². The van der Waals surface area contributed by atoms with Crippen molar-refractivity contribution in [3.05, 3.63) is 0 Å². The monoisotopic (exact) mass is 189 g/mol. The number of hydrogen-bond donors (Lipinski definition) is 1. The minimum absolute atomic E-state index is 0.385. The zero-order chi connectivity index (χ0) is 10.1. The minimum Gasteiger partial charge on any atom is -0.382 e. The number of carbonyl (C=O) groups excluding carboxylic acids is 1. The maximum Gasteiger partial charge on any atom is 0.246 e. The van der Waals surface area contributed by atoms with Gasteiger partial charge >= 0.3 is 0 Å². The molecule has 2 N–H and O–H groups in total. The molecule has 0 radical (unpaired) electrons. The lowest BCUT2D eigenvalue weighted by molar-refractivity contribution is -0.130. The molecule has 0 aliphatic rings. The standard InChI is InChI=1S/C9H19NO3/c1-3-4-5-8(9(10)11)13-7-6-12-2/h8H,3-7H2,1-2H3,(H2,10,11). The summed E-state index contributed by atoms with van der Waals surface area (Å²) in [6.07, 6.45) is 2.25. The van der Waals surface area contributed by atoms with Gasteiger partial charge in [-0.2, -0.15) is 0 Å². The maximum absolute atomic E-state index is 10.9. The van der Waals surface area contributed by atoms with E-state index in [1.165, 1.54) is 0 Å². The van der Waals surface area contributed by atoms with Gasteiger partial charge in [0, 0.05) is 7.11 Å². The molecule has 0 aromatic carbocycles. The number of rotatable bonds is 8. The lowest BCUT2D eigenvalue weighted by Crippen LogP contribution is -2.32. The SMILES string of the molecule is CCCCC(OCCOC)C(N)=O. The van der Waals surface area contributed by atoms with Crippen LogP contribution in [0, 0.1) is 0 Å². The summed E-state index contributed by atoms with van der Waals surface area (Å²) >= 11 is 0. The number of carbonyl (C=O) groups is 1. The topological polar surface area (TPSA) is 61.6 Å². The van der Waals surface area contributed by atoms with E-state index >= 15 is 0 Å². The molecule has 0 aliphatic heterocycles. The maximum atomic E-state index is 10.9. The second-order valence-corrected chi connectivity index (χ2v) is 2.90. The molecule has 0 saturated carbocycles. The van der Waals surface area contributed by atoms with Crippen LogP contribution in [-0.2, 0) is 14.3 Å². The van der Waals surface area contributed by atoms with E-state index in [9.17, 15) is 4.79 Å². The Balaban J connectivity index is 3.61. The Morgan fingerprint density at radius 1 is 1.46 bits per heavy atom. The summed E-state index contributed by atoms with van der Waals surface area (Å²) in [5.74, 6) is -0.385. The van der Waals surface area contributed by atoms with Crippen molar-refractivity contribution in [1.82, 2.24) is 0 Å². The Bertz CT molecular complexity index is 139. The summed E-state index contributed by atoms with van der Waals surface area (Å²) in [4.78, 5) is 10.9. The van der Waals surface area contributed by atoms with Crippen molar-refractivity contribution in [3.63, 3.8) is 0 Å². The van der Waals surface area contributed by atoms with E-state index in [4.69, 9.17) is 15.2 Å². The summed E-state index contributed by atoms with van der Waals surface area (Å²) in [5.41, 5.74) is 5.15. The van der Waals surface area contributed by atoms with Crippen LogP contribution in [0.5, 0.6) is 0 Å². The van der Waals surface area contributed by atoms with E-state index in [0.29, 0.717) is 19.6 Å². The number of methoxy groups -OCH3 is 1. The highest BCUT2D eigenvalue weighted by molar-refractivity contribution is 5.78. The molecular weight excluding hydrogens is 170 g/mol. The summed E-state index contributed by atoms with van der Waals surface area (Å²) in [7, 11) is 1.59. The van der Waals surface area contributed by atoms with Crippen LogP contribution < -0.4 is 5.73 Å². The molecule has 0 bridgehead atoms. The molecule has 0 heterocycles. The Labute approximate surface area is 79.4 Å². The fourth-order valence-electron chi connectivity index (χ4n) is 0.971. The third-order valence-electron chi connectivity index (χ3n) is 1.74. The first-order valence-electron chi connectivity index (χ1n) is 4.62. The fourth-order valence-corrected chi connectivity index (χ4v) is 0.971. The van der Waals surface area contributed by atoms with E-state index in [1.807, 2.05) is 0 Å². The summed E-state index contributed by atoms with van der Waals surface area (Å²) in [6, 6.07) is 0. The molecule has 1 amide bonds. The number of hydrogen-bond acceptors (Lipinski definition) is 3. The molecule has 4 heteroatoms. The van der Waals surface area contributed by atoms with Crippen molar-refractivity contribution >= 4 is 5.91 Å². The molecule has 0 aromatic heterocycles. The number of ether oxygens (including phenoxy) is 2.